The summed E-state index contributed by atoms with van der Waals surface area (Å²) < 4.78 is 5.79. The zero-order valence-corrected chi connectivity index (χ0v) is 11.3. The van der Waals surface area contributed by atoms with Crippen LogP contribution in [0.2, 0.25) is 0 Å². The number of aliphatic hydroxyl groups is 2. The molecule has 0 radical (unpaired) electrons. The van der Waals surface area contributed by atoms with Crippen LogP contribution in [0.3, 0.4) is 0 Å². The Morgan fingerprint density at radius 1 is 1.35 bits per heavy atom. The molecule has 0 bridgehead atoms. The molecule has 1 fully saturated rings. The molecule has 1 aliphatic carbocycles. The fourth-order valence-electron chi connectivity index (χ4n) is 3.00. The number of phenols is 1. The number of fused-ring (bicyclic) bond motifs is 2. The van der Waals surface area contributed by atoms with Gasteiger partial charge in [-0.05, 0) is 38.0 Å². The number of aliphatic hydroxyl groups excluding tert-OH is 2. The first kappa shape index (κ1) is 13.0. The molecule has 0 amide bonds. The molecule has 20 heavy (non-hydrogen) atoms. The monoisotopic (exact) mass is 276 g/mol. The van der Waals surface area contributed by atoms with E-state index in [0.717, 1.165) is 5.56 Å². The summed E-state index contributed by atoms with van der Waals surface area (Å²) in [4.78, 5) is 12.1. The molecule has 1 aromatic rings. The minimum Gasteiger partial charge on any atom is -0.507 e. The molecule has 1 saturated carbocycles. The van der Waals surface area contributed by atoms with E-state index in [1.807, 2.05) is 0 Å². The van der Waals surface area contributed by atoms with Crippen LogP contribution in [0, 0.1) is 6.92 Å². The summed E-state index contributed by atoms with van der Waals surface area (Å²) in [7, 11) is 0. The average molecular weight is 276 g/mol. The fraction of sp³-hybridized carbons (Fsp3) is 0.400. The van der Waals surface area contributed by atoms with E-state index < -0.39 is 11.7 Å². The summed E-state index contributed by atoms with van der Waals surface area (Å²) in [5.41, 5.74) is -0.349. The Morgan fingerprint density at radius 2 is 2.05 bits per heavy atom. The van der Waals surface area contributed by atoms with Crippen molar-refractivity contribution in [2.45, 2.75) is 38.4 Å². The molecule has 5 nitrogen and oxygen atoms in total. The van der Waals surface area contributed by atoms with Crippen LogP contribution in [0.5, 0.6) is 11.5 Å². The summed E-state index contributed by atoms with van der Waals surface area (Å²) >= 11 is 0. The van der Waals surface area contributed by atoms with Gasteiger partial charge in [0.15, 0.2) is 11.4 Å². The number of benzene rings is 1. The molecule has 0 spiro atoms. The van der Waals surface area contributed by atoms with Crippen LogP contribution in [0.1, 0.15) is 30.9 Å². The number of Topliss-reactive ketones (excluding diaryl/α,β-unsaturated/α-hetero) is 1. The normalized spacial score (nSPS) is 28.8. The van der Waals surface area contributed by atoms with Gasteiger partial charge in [-0.25, -0.2) is 0 Å². The minimum absolute atomic E-state index is 0.0444. The van der Waals surface area contributed by atoms with Gasteiger partial charge >= 0.3 is 0 Å². The summed E-state index contributed by atoms with van der Waals surface area (Å²) in [5.74, 6) is -0.421. The number of carbonyl (C=O) groups is 1. The first-order valence-electron chi connectivity index (χ1n) is 6.52. The Hall–Kier alpha value is -2.01. The van der Waals surface area contributed by atoms with Gasteiger partial charge in [0, 0.05) is 6.42 Å². The number of aryl methyl sites for hydroxylation is 1. The van der Waals surface area contributed by atoms with Crippen LogP contribution >= 0.6 is 0 Å². The number of hydrogen-bond acceptors (Lipinski definition) is 5. The Balaban J connectivity index is 2.30. The molecule has 0 aromatic heterocycles. The van der Waals surface area contributed by atoms with Crippen LogP contribution in [-0.2, 0) is 4.79 Å². The SMILES string of the molecule is Cc1cc(O)c2c(c1)OC1(C)C(=C2O)C(=O)CCC1O. The van der Waals surface area contributed by atoms with E-state index in [0.29, 0.717) is 6.42 Å². The number of rotatable bonds is 0. The summed E-state index contributed by atoms with van der Waals surface area (Å²) in [6, 6.07) is 3.16. The van der Waals surface area contributed by atoms with E-state index in [2.05, 4.69) is 0 Å². The highest BCUT2D eigenvalue weighted by Crippen LogP contribution is 2.48. The van der Waals surface area contributed by atoms with E-state index in [1.165, 1.54) is 6.07 Å². The van der Waals surface area contributed by atoms with Crippen molar-refractivity contribution in [2.24, 2.45) is 0 Å². The highest BCUT2D eigenvalue weighted by Gasteiger charge is 2.51. The van der Waals surface area contributed by atoms with Crippen LogP contribution in [0.25, 0.3) is 5.76 Å². The van der Waals surface area contributed by atoms with Crippen molar-refractivity contribution in [1.82, 2.24) is 0 Å². The van der Waals surface area contributed by atoms with Gasteiger partial charge in [0.05, 0.1) is 11.7 Å². The van der Waals surface area contributed by atoms with E-state index in [1.54, 1.807) is 19.9 Å². The lowest BCUT2D eigenvalue weighted by Crippen LogP contribution is -2.53. The molecule has 3 N–H and O–H groups in total. The minimum atomic E-state index is -1.27. The van der Waals surface area contributed by atoms with Crippen molar-refractivity contribution in [1.29, 1.82) is 0 Å². The van der Waals surface area contributed by atoms with Crippen LogP contribution < -0.4 is 4.74 Å². The van der Waals surface area contributed by atoms with Gasteiger partial charge in [-0.1, -0.05) is 0 Å². The van der Waals surface area contributed by atoms with E-state index in [4.69, 9.17) is 4.74 Å². The molecule has 0 saturated heterocycles. The van der Waals surface area contributed by atoms with Crippen molar-refractivity contribution in [3.63, 3.8) is 0 Å². The van der Waals surface area contributed by atoms with Gasteiger partial charge in [-0.15, -0.1) is 0 Å². The van der Waals surface area contributed by atoms with E-state index in [-0.39, 0.29) is 40.6 Å². The molecule has 106 valence electrons. The number of ether oxygens (including phenoxy) is 1. The Bertz CT molecular complexity index is 646. The molecule has 1 heterocycles. The highest BCUT2D eigenvalue weighted by atomic mass is 16.5. The topological polar surface area (TPSA) is 87.0 Å². The maximum absolute atomic E-state index is 12.1. The lowest BCUT2D eigenvalue weighted by molar-refractivity contribution is -0.124. The second-order valence-corrected chi connectivity index (χ2v) is 5.57. The smallest absolute Gasteiger partial charge is 0.166 e. The number of ketones is 1. The molecule has 1 aromatic carbocycles. The molecule has 3 rings (SSSR count). The number of hydrogen-bond donors (Lipinski definition) is 3. The van der Waals surface area contributed by atoms with Gasteiger partial charge < -0.3 is 20.1 Å². The zero-order valence-electron chi connectivity index (χ0n) is 11.3. The molecular formula is C15H16O5. The van der Waals surface area contributed by atoms with Gasteiger partial charge in [-0.2, -0.15) is 0 Å². The maximum Gasteiger partial charge on any atom is 0.166 e. The Morgan fingerprint density at radius 3 is 2.75 bits per heavy atom. The standard InChI is InChI=1S/C15H16O5/c1-7-5-9(17)12-10(6-7)20-15(2)11(18)4-3-8(16)13(15)14(12)19/h5-6,11,17-19H,3-4H2,1-2H3. The first-order valence-corrected chi connectivity index (χ1v) is 6.52. The van der Waals surface area contributed by atoms with E-state index in [9.17, 15) is 20.1 Å². The summed E-state index contributed by atoms with van der Waals surface area (Å²) in [5, 5.41) is 30.6. The molecule has 1 aliphatic heterocycles. The lowest BCUT2D eigenvalue weighted by Gasteiger charge is -2.43. The predicted molar refractivity (Wildman–Crippen MR) is 71.7 cm³/mol. The van der Waals surface area contributed by atoms with Crippen molar-refractivity contribution >= 4 is 11.5 Å². The molecule has 2 atom stereocenters. The fourth-order valence-corrected chi connectivity index (χ4v) is 3.00. The third-order valence-electron chi connectivity index (χ3n) is 4.08. The third-order valence-corrected chi connectivity index (χ3v) is 4.08. The van der Waals surface area contributed by atoms with E-state index >= 15 is 0 Å². The number of phenolic OH excluding ortho intramolecular Hbond substituents is 1. The Kier molecular flexibility index (Phi) is 2.59. The highest BCUT2D eigenvalue weighted by molar-refractivity contribution is 6.05. The summed E-state index contributed by atoms with van der Waals surface area (Å²) in [6.07, 6.45) is -0.436. The number of aromatic hydroxyl groups is 1. The predicted octanol–water partition coefficient (Wildman–Crippen LogP) is 1.84. The lowest BCUT2D eigenvalue weighted by atomic mass is 9.75. The van der Waals surface area contributed by atoms with Crippen LogP contribution in [0.4, 0.5) is 0 Å². The number of carbonyl (C=O) groups excluding carboxylic acids is 1. The molecular weight excluding hydrogens is 260 g/mol. The van der Waals surface area contributed by atoms with Gasteiger partial charge in [0.25, 0.3) is 0 Å². The van der Waals surface area contributed by atoms with Crippen molar-refractivity contribution in [3.8, 4) is 11.5 Å². The van der Waals surface area contributed by atoms with Crippen molar-refractivity contribution in [2.75, 3.05) is 0 Å². The summed E-state index contributed by atoms with van der Waals surface area (Å²) in [6.45, 7) is 3.37. The second kappa shape index (κ2) is 3.99. The molecule has 2 aliphatic rings. The van der Waals surface area contributed by atoms with Crippen molar-refractivity contribution in [3.05, 3.63) is 28.8 Å². The second-order valence-electron chi connectivity index (χ2n) is 5.57. The quantitative estimate of drug-likeness (QED) is 0.673. The van der Waals surface area contributed by atoms with Gasteiger partial charge in [0.2, 0.25) is 0 Å². The Labute approximate surface area is 116 Å². The largest absolute Gasteiger partial charge is 0.507 e. The van der Waals surface area contributed by atoms with Crippen LogP contribution in [0.15, 0.2) is 17.7 Å². The molecule has 2 unspecified atom stereocenters. The van der Waals surface area contributed by atoms with Crippen molar-refractivity contribution < 1.29 is 24.9 Å². The molecule has 5 heteroatoms. The zero-order chi connectivity index (χ0) is 14.7. The van der Waals surface area contributed by atoms with Crippen LogP contribution in [-0.4, -0.2) is 32.8 Å². The maximum atomic E-state index is 12.1. The first-order chi connectivity index (χ1) is 9.34. The van der Waals surface area contributed by atoms with Gasteiger partial charge in [0.1, 0.15) is 22.8 Å². The third kappa shape index (κ3) is 1.56. The van der Waals surface area contributed by atoms with Gasteiger partial charge in [-0.3, -0.25) is 4.79 Å². The average Bonchev–Trinajstić information content (AvgIpc) is 2.32.